The van der Waals surface area contributed by atoms with Gasteiger partial charge in [-0.1, -0.05) is 22.0 Å². The summed E-state index contributed by atoms with van der Waals surface area (Å²) in [7, 11) is 0. The Morgan fingerprint density at radius 3 is 2.31 bits per heavy atom. The van der Waals surface area contributed by atoms with Crippen LogP contribution in [-0.4, -0.2) is 0 Å². The van der Waals surface area contributed by atoms with Crippen LogP contribution in [0.3, 0.4) is 0 Å². The monoisotopic (exact) mass is 256 g/mol. The molecule has 1 rings (SSSR count). The van der Waals surface area contributed by atoms with Crippen molar-refractivity contribution >= 4 is 15.9 Å². The van der Waals surface area contributed by atoms with Gasteiger partial charge in [-0.3, -0.25) is 0 Å². The third kappa shape index (κ3) is 2.43. The van der Waals surface area contributed by atoms with Gasteiger partial charge in [0, 0.05) is 4.47 Å². The van der Waals surface area contributed by atoms with Crippen molar-refractivity contribution < 1.29 is 17.6 Å². The first-order chi connectivity index (χ1) is 5.95. The average molecular weight is 257 g/mol. The molecular weight excluding hydrogens is 252 g/mol. The van der Waals surface area contributed by atoms with Crippen molar-refractivity contribution in [3.63, 3.8) is 0 Å². The highest BCUT2D eigenvalue weighted by molar-refractivity contribution is 9.10. The van der Waals surface area contributed by atoms with Crippen molar-refractivity contribution in [2.75, 3.05) is 0 Å². The zero-order valence-corrected chi connectivity index (χ0v) is 7.91. The van der Waals surface area contributed by atoms with Crippen LogP contribution in [0, 0.1) is 0 Å². The Morgan fingerprint density at radius 1 is 1.23 bits per heavy atom. The second-order valence-corrected chi connectivity index (χ2v) is 3.35. The summed E-state index contributed by atoms with van der Waals surface area (Å²) < 4.78 is 49.1. The first-order valence-corrected chi connectivity index (χ1v) is 4.16. The van der Waals surface area contributed by atoms with E-state index in [1.165, 1.54) is 6.07 Å². The summed E-state index contributed by atoms with van der Waals surface area (Å²) in [4.78, 5) is 0. The van der Waals surface area contributed by atoms with Crippen molar-refractivity contribution in [3.8, 4) is 0 Å². The number of halogens is 5. The summed E-state index contributed by atoms with van der Waals surface area (Å²) in [6, 6.07) is 3.37. The molecule has 72 valence electrons. The molecule has 0 saturated heterocycles. The Morgan fingerprint density at radius 2 is 1.85 bits per heavy atom. The lowest BCUT2D eigenvalue weighted by atomic mass is 10.1. The van der Waals surface area contributed by atoms with E-state index in [2.05, 4.69) is 15.9 Å². The number of alkyl halides is 4. The highest BCUT2D eigenvalue weighted by atomic mass is 79.9. The molecule has 13 heavy (non-hydrogen) atoms. The second-order valence-electron chi connectivity index (χ2n) is 2.43. The molecule has 0 amide bonds. The molecule has 5 heteroatoms. The Hall–Kier alpha value is -0.580. The molecule has 0 radical (unpaired) electrons. The van der Waals surface area contributed by atoms with Crippen LogP contribution in [0.15, 0.2) is 22.7 Å². The fourth-order valence-corrected chi connectivity index (χ4v) is 1.29. The highest BCUT2D eigenvalue weighted by Crippen LogP contribution is 2.34. The van der Waals surface area contributed by atoms with Gasteiger partial charge in [0.25, 0.3) is 0 Å². The minimum atomic E-state index is -4.49. The number of hydrogen-bond acceptors (Lipinski definition) is 0. The topological polar surface area (TPSA) is 0 Å². The smallest absolute Gasteiger partial charge is 0.246 e. The molecular formula is C8H5BrF4. The van der Waals surface area contributed by atoms with Crippen molar-refractivity contribution in [1.82, 2.24) is 0 Å². The molecule has 0 spiro atoms. The van der Waals surface area contributed by atoms with Gasteiger partial charge in [-0.05, 0) is 17.7 Å². The van der Waals surface area contributed by atoms with E-state index in [0.29, 0.717) is 0 Å². The lowest BCUT2D eigenvalue weighted by Gasteiger charge is -2.10. The Kier molecular flexibility index (Phi) is 2.95. The minimum Gasteiger partial charge on any atom is -0.246 e. The van der Waals surface area contributed by atoms with Gasteiger partial charge in [0.1, 0.15) is 6.67 Å². The number of benzene rings is 1. The van der Waals surface area contributed by atoms with Gasteiger partial charge in [-0.15, -0.1) is 0 Å². The van der Waals surface area contributed by atoms with E-state index < -0.39 is 18.4 Å². The summed E-state index contributed by atoms with van der Waals surface area (Å²) in [5.41, 5.74) is -1.26. The molecule has 0 nitrogen and oxygen atoms in total. The van der Waals surface area contributed by atoms with E-state index in [1.54, 1.807) is 0 Å². The van der Waals surface area contributed by atoms with Crippen molar-refractivity contribution in [2.45, 2.75) is 12.9 Å². The lowest BCUT2D eigenvalue weighted by molar-refractivity contribution is -0.138. The second kappa shape index (κ2) is 3.65. The van der Waals surface area contributed by atoms with Gasteiger partial charge in [0.05, 0.1) is 5.56 Å². The summed E-state index contributed by atoms with van der Waals surface area (Å²) in [5.74, 6) is 0. The number of hydrogen-bond donors (Lipinski definition) is 0. The standard InChI is InChI=1S/C8H5BrF4/c9-6-2-1-5(4-10)7(3-6)8(11,12)13/h1-3H,4H2. The zero-order valence-electron chi connectivity index (χ0n) is 6.33. The molecule has 0 aliphatic heterocycles. The fourth-order valence-electron chi connectivity index (χ4n) is 0.929. The third-order valence-corrected chi connectivity index (χ3v) is 2.01. The molecule has 1 aromatic carbocycles. The molecule has 0 aliphatic rings. The molecule has 0 saturated carbocycles. The van der Waals surface area contributed by atoms with E-state index in [-0.39, 0.29) is 10.0 Å². The molecule has 0 atom stereocenters. The predicted octanol–water partition coefficient (Wildman–Crippen LogP) is 3.94. The predicted molar refractivity (Wildman–Crippen MR) is 44.0 cm³/mol. The minimum absolute atomic E-state index is 0.289. The highest BCUT2D eigenvalue weighted by Gasteiger charge is 2.33. The molecule has 1 aromatic rings. The number of rotatable bonds is 1. The van der Waals surface area contributed by atoms with Crippen LogP contribution in [0.25, 0.3) is 0 Å². The summed E-state index contributed by atoms with van der Waals surface area (Å²) >= 11 is 2.90. The fraction of sp³-hybridized carbons (Fsp3) is 0.250. The Balaban J connectivity index is 3.24. The molecule has 0 aromatic heterocycles. The molecule has 0 unspecified atom stereocenters. The van der Waals surface area contributed by atoms with E-state index in [0.717, 1.165) is 12.1 Å². The Labute approximate surface area is 80.7 Å². The first-order valence-electron chi connectivity index (χ1n) is 3.36. The van der Waals surface area contributed by atoms with Crippen molar-refractivity contribution in [2.24, 2.45) is 0 Å². The molecule has 0 aliphatic carbocycles. The van der Waals surface area contributed by atoms with Crippen LogP contribution in [0.4, 0.5) is 17.6 Å². The lowest BCUT2D eigenvalue weighted by Crippen LogP contribution is -2.08. The van der Waals surface area contributed by atoms with Crippen LogP contribution in [0.2, 0.25) is 0 Å². The van der Waals surface area contributed by atoms with Gasteiger partial charge in [0.15, 0.2) is 0 Å². The summed E-state index contributed by atoms with van der Waals surface area (Å²) in [6.45, 7) is -1.11. The van der Waals surface area contributed by atoms with Crippen LogP contribution >= 0.6 is 15.9 Å². The maximum Gasteiger partial charge on any atom is 0.416 e. The maximum absolute atomic E-state index is 12.2. The summed E-state index contributed by atoms with van der Waals surface area (Å²) in [6.07, 6.45) is -4.49. The van der Waals surface area contributed by atoms with Crippen LogP contribution in [0.5, 0.6) is 0 Å². The largest absolute Gasteiger partial charge is 0.416 e. The van der Waals surface area contributed by atoms with Gasteiger partial charge >= 0.3 is 6.18 Å². The maximum atomic E-state index is 12.2. The van der Waals surface area contributed by atoms with Crippen molar-refractivity contribution in [1.29, 1.82) is 0 Å². The third-order valence-electron chi connectivity index (χ3n) is 1.52. The van der Waals surface area contributed by atoms with E-state index in [4.69, 9.17) is 0 Å². The van der Waals surface area contributed by atoms with E-state index in [9.17, 15) is 17.6 Å². The van der Waals surface area contributed by atoms with Crippen LogP contribution in [-0.2, 0) is 12.9 Å². The molecule has 0 fully saturated rings. The van der Waals surface area contributed by atoms with Gasteiger partial charge < -0.3 is 0 Å². The molecule has 0 bridgehead atoms. The van der Waals surface area contributed by atoms with Crippen LogP contribution < -0.4 is 0 Å². The SMILES string of the molecule is FCc1ccc(Br)cc1C(F)(F)F. The van der Waals surface area contributed by atoms with Gasteiger partial charge in [-0.25, -0.2) is 4.39 Å². The van der Waals surface area contributed by atoms with Gasteiger partial charge in [-0.2, -0.15) is 13.2 Å². The van der Waals surface area contributed by atoms with Crippen molar-refractivity contribution in [3.05, 3.63) is 33.8 Å². The first kappa shape index (κ1) is 10.5. The summed E-state index contributed by atoms with van der Waals surface area (Å²) in [5, 5.41) is 0. The average Bonchev–Trinajstić information content (AvgIpc) is 2.03. The van der Waals surface area contributed by atoms with E-state index in [1.807, 2.05) is 0 Å². The van der Waals surface area contributed by atoms with Gasteiger partial charge in [0.2, 0.25) is 0 Å². The normalized spacial score (nSPS) is 11.8. The van der Waals surface area contributed by atoms with E-state index >= 15 is 0 Å². The zero-order chi connectivity index (χ0) is 10.1. The molecule has 0 heterocycles. The quantitative estimate of drug-likeness (QED) is 0.668. The van der Waals surface area contributed by atoms with Crippen LogP contribution in [0.1, 0.15) is 11.1 Å². The molecule has 0 N–H and O–H groups in total. The Bertz CT molecular complexity index is 306.